The van der Waals surface area contributed by atoms with E-state index in [0.717, 1.165) is 34.9 Å². The van der Waals surface area contributed by atoms with Crippen LogP contribution in [0.5, 0.6) is 0 Å². The smallest absolute Gasteiger partial charge is 0.251 e. The average Bonchev–Trinajstić information content (AvgIpc) is 1.73. The van der Waals surface area contributed by atoms with Gasteiger partial charge in [0.15, 0.2) is 0 Å². The number of aromatic nitrogens is 3. The van der Waals surface area contributed by atoms with E-state index in [1.165, 1.54) is 12.3 Å². The van der Waals surface area contributed by atoms with Gasteiger partial charge in [0.25, 0.3) is 17.7 Å². The molecule has 6 aliphatic rings. The summed E-state index contributed by atoms with van der Waals surface area (Å²) in [5.41, 5.74) is 0.332. The number of hydrogen-bond donors (Lipinski definition) is 1. The first-order valence-corrected chi connectivity index (χ1v) is 32.3. The number of halogens is 4. The monoisotopic (exact) mass is 1300 g/mol. The van der Waals surface area contributed by atoms with E-state index in [1.54, 1.807) is 44.1 Å². The first kappa shape index (κ1) is 67.7. The first-order valence-electron chi connectivity index (χ1n) is 31.2. The molecular weight excluding hydrogens is 1220 g/mol. The Labute approximate surface area is 548 Å². The molecule has 6 saturated heterocycles. The lowest BCUT2D eigenvalue weighted by molar-refractivity contribution is -0.168. The van der Waals surface area contributed by atoms with Crippen LogP contribution in [-0.2, 0) is 28.8 Å². The van der Waals surface area contributed by atoms with Crippen molar-refractivity contribution in [2.75, 3.05) is 68.7 Å². The van der Waals surface area contributed by atoms with Crippen molar-refractivity contribution >= 4 is 81.9 Å². The van der Waals surface area contributed by atoms with Gasteiger partial charge < -0.3 is 44.5 Å². The Morgan fingerprint density at radius 3 is 1.03 bits per heavy atom. The van der Waals surface area contributed by atoms with E-state index in [4.69, 9.17) is 34.8 Å². The molecular formula is C69H82Cl3FN12O6. The van der Waals surface area contributed by atoms with Gasteiger partial charge in [0.1, 0.15) is 47.9 Å². The van der Waals surface area contributed by atoms with Crippen LogP contribution in [0.3, 0.4) is 0 Å². The maximum absolute atomic E-state index is 13.8. The molecule has 0 radical (unpaired) electrons. The number of amides is 6. The predicted octanol–water partition coefficient (Wildman–Crippen LogP) is 10.5. The van der Waals surface area contributed by atoms with Gasteiger partial charge in [0.05, 0.1) is 31.2 Å². The highest BCUT2D eigenvalue weighted by atomic mass is 35.5. The van der Waals surface area contributed by atoms with Crippen molar-refractivity contribution in [3.63, 3.8) is 0 Å². The third kappa shape index (κ3) is 14.2. The standard InChI is InChI=1S/2C23H27ClN4O2.C18H24ClN3O2.C5H4FN/c2*1-16(2)27-14-21(29)28(17(3)18-7-9-19(24)10-8-18)23(22(27)30)11-13-26(15-23)20-6-4-5-12-25-20;1-12(2)21-10-16(23)22(18(17(21)24)8-9-20-11-18)13(3)14-4-6-15(19)7-5-14;6-5-3-1-2-4-7-5/h2*4-10,12,16-17H,11,13-15H2,1-3H3;4-7,12-13,20H,8-11H2,1-3H3;1-4H/t17-,23+;17-,23-;13-,18?;/m000./s1. The van der Waals surface area contributed by atoms with Crippen molar-refractivity contribution in [1.82, 2.24) is 49.7 Å². The number of hydrogen-bond acceptors (Lipinski definition) is 12. The number of rotatable bonds is 11. The summed E-state index contributed by atoms with van der Waals surface area (Å²) in [7, 11) is 0. The van der Waals surface area contributed by atoms with Crippen LogP contribution in [0, 0.1) is 5.95 Å². The van der Waals surface area contributed by atoms with Gasteiger partial charge in [-0.05, 0) is 178 Å². The zero-order chi connectivity index (χ0) is 65.5. The van der Waals surface area contributed by atoms with E-state index >= 15 is 0 Å². The summed E-state index contributed by atoms with van der Waals surface area (Å²) in [4.78, 5) is 108. The van der Waals surface area contributed by atoms with Gasteiger partial charge in [-0.3, -0.25) is 28.8 Å². The minimum atomic E-state index is -0.907. The molecule has 18 nitrogen and oxygen atoms in total. The zero-order valence-corrected chi connectivity index (χ0v) is 55.5. The Morgan fingerprint density at radius 2 is 0.758 bits per heavy atom. The number of carbonyl (C=O) groups is 6. The van der Waals surface area contributed by atoms with E-state index in [9.17, 15) is 33.2 Å². The minimum Gasteiger partial charge on any atom is -0.354 e. The number of pyridine rings is 3. The lowest BCUT2D eigenvalue weighted by Gasteiger charge is -2.51. The molecule has 1 N–H and O–H groups in total. The highest BCUT2D eigenvalue weighted by molar-refractivity contribution is 6.31. The molecule has 12 rings (SSSR count). The molecule has 91 heavy (non-hydrogen) atoms. The molecule has 6 aromatic rings. The topological polar surface area (TPSA) is 179 Å². The number of piperazine rings is 3. The van der Waals surface area contributed by atoms with Crippen molar-refractivity contribution in [2.45, 2.75) is 134 Å². The SMILES string of the molecule is CC(C)N1CC(=O)N([C@@H](C)c2ccc(Cl)cc2)C2(CCNC2)C1=O.CC(C)N1CC(=O)N([C@@H](C)c2ccc(Cl)cc2)[C@@]2(CCN(c3ccccn3)C2)C1=O.CC(C)N1CC(=O)N([C@@H](C)c2ccc(Cl)cc2)[C@]2(CCN(c3ccccn3)C2)C1=O.Fc1ccccn1. The van der Waals surface area contributed by atoms with Crippen LogP contribution in [0.1, 0.15) is 116 Å². The Kier molecular flexibility index (Phi) is 21.5. The number of anilines is 2. The summed E-state index contributed by atoms with van der Waals surface area (Å²) in [6, 6.07) is 37.9. The lowest BCUT2D eigenvalue weighted by Crippen LogP contribution is -2.70. The second-order valence-electron chi connectivity index (χ2n) is 24.9. The van der Waals surface area contributed by atoms with E-state index in [-0.39, 0.29) is 91.3 Å². The van der Waals surface area contributed by atoms with Crippen LogP contribution in [0.4, 0.5) is 16.0 Å². The van der Waals surface area contributed by atoms with Gasteiger partial charge in [-0.15, -0.1) is 0 Å². The molecule has 1 unspecified atom stereocenters. The molecule has 3 aromatic heterocycles. The maximum Gasteiger partial charge on any atom is 0.251 e. The van der Waals surface area contributed by atoms with Crippen LogP contribution in [0.25, 0.3) is 0 Å². The second kappa shape index (κ2) is 28.8. The average molecular weight is 1300 g/mol. The fourth-order valence-corrected chi connectivity index (χ4v) is 14.0. The summed E-state index contributed by atoms with van der Waals surface area (Å²) in [6.07, 6.45) is 6.73. The largest absolute Gasteiger partial charge is 0.354 e. The quantitative estimate of drug-likeness (QED) is 0.122. The van der Waals surface area contributed by atoms with Crippen LogP contribution < -0.4 is 15.1 Å². The van der Waals surface area contributed by atoms with Crippen LogP contribution in [-0.4, -0.2) is 173 Å². The summed E-state index contributed by atoms with van der Waals surface area (Å²) in [6.45, 7) is 21.6. The third-order valence-corrected chi connectivity index (χ3v) is 19.1. The number of nitrogens with zero attached hydrogens (tertiary/aromatic N) is 11. The predicted molar refractivity (Wildman–Crippen MR) is 353 cm³/mol. The van der Waals surface area contributed by atoms with Crippen LogP contribution >= 0.6 is 34.8 Å². The van der Waals surface area contributed by atoms with E-state index in [1.807, 2.05) is 181 Å². The Bertz CT molecular complexity index is 3350. The second-order valence-corrected chi connectivity index (χ2v) is 26.3. The van der Waals surface area contributed by atoms with Crippen molar-refractivity contribution in [2.24, 2.45) is 0 Å². The summed E-state index contributed by atoms with van der Waals surface area (Å²) in [5, 5.41) is 5.23. The molecule has 6 atom stereocenters. The van der Waals surface area contributed by atoms with E-state index in [2.05, 4.69) is 30.1 Å². The molecule has 6 aliphatic heterocycles. The van der Waals surface area contributed by atoms with Gasteiger partial charge in [0.2, 0.25) is 23.7 Å². The number of carbonyl (C=O) groups excluding carboxylic acids is 6. The normalized spacial score (nSPS) is 22.7. The molecule has 9 heterocycles. The van der Waals surface area contributed by atoms with Gasteiger partial charge in [-0.25, -0.2) is 15.0 Å². The number of nitrogens with one attached hydrogen (secondary N) is 1. The van der Waals surface area contributed by atoms with Gasteiger partial charge >= 0.3 is 0 Å². The molecule has 3 spiro atoms. The fourth-order valence-electron chi connectivity index (χ4n) is 13.6. The molecule has 22 heteroatoms. The molecule has 0 bridgehead atoms. The Hall–Kier alpha value is -7.71. The van der Waals surface area contributed by atoms with Crippen LogP contribution in [0.2, 0.25) is 15.1 Å². The van der Waals surface area contributed by atoms with Crippen molar-refractivity contribution in [3.05, 3.63) is 184 Å². The summed E-state index contributed by atoms with van der Waals surface area (Å²) >= 11 is 18.1. The highest BCUT2D eigenvalue weighted by Crippen LogP contribution is 2.44. The van der Waals surface area contributed by atoms with Crippen LogP contribution in [0.15, 0.2) is 146 Å². The molecule has 6 fully saturated rings. The molecule has 3 aromatic carbocycles. The summed E-state index contributed by atoms with van der Waals surface area (Å²) in [5.74, 6) is 1.31. The van der Waals surface area contributed by atoms with Gasteiger partial charge in [0, 0.05) is 71.4 Å². The Morgan fingerprint density at radius 1 is 0.429 bits per heavy atom. The summed E-state index contributed by atoms with van der Waals surface area (Å²) < 4.78 is 11.8. The van der Waals surface area contributed by atoms with Crippen molar-refractivity contribution in [1.29, 1.82) is 0 Å². The van der Waals surface area contributed by atoms with Gasteiger partial charge in [-0.1, -0.05) is 89.4 Å². The third-order valence-electron chi connectivity index (χ3n) is 18.4. The van der Waals surface area contributed by atoms with Crippen molar-refractivity contribution < 1.29 is 33.2 Å². The lowest BCUT2D eigenvalue weighted by atomic mass is 9.87. The van der Waals surface area contributed by atoms with E-state index in [0.29, 0.717) is 67.1 Å². The minimum absolute atomic E-state index is 0.00875. The van der Waals surface area contributed by atoms with Gasteiger partial charge in [-0.2, -0.15) is 4.39 Å². The number of benzene rings is 3. The molecule has 0 aliphatic carbocycles. The van der Waals surface area contributed by atoms with E-state index < -0.39 is 22.6 Å². The Balaban J connectivity index is 0.000000154. The fraction of sp³-hybridized carbons (Fsp3) is 0.435. The first-order chi connectivity index (χ1) is 43.4. The molecule has 0 saturated carbocycles. The highest BCUT2D eigenvalue weighted by Gasteiger charge is 2.60. The molecule has 6 amide bonds. The maximum atomic E-state index is 13.8. The molecule has 482 valence electrons. The zero-order valence-electron chi connectivity index (χ0n) is 53.2. The van der Waals surface area contributed by atoms with Crippen molar-refractivity contribution in [3.8, 4) is 0 Å².